The predicted octanol–water partition coefficient (Wildman–Crippen LogP) is 3.06. The summed E-state index contributed by atoms with van der Waals surface area (Å²) < 4.78 is 85.4. The normalized spacial score (nSPS) is 33.4. The molecule has 32 rings (SSSR count). The second-order valence-electron chi connectivity index (χ2n) is 38.3. The van der Waals surface area contributed by atoms with Gasteiger partial charge in [0.25, 0.3) is 0 Å². The first-order valence-corrected chi connectivity index (χ1v) is 48.8. The molecule has 148 heavy (non-hydrogen) atoms. The second kappa shape index (κ2) is 46.1. The fourth-order valence-corrected chi connectivity index (χ4v) is 21.2. The molecule has 43 nitrogen and oxygen atoms in total. The average Bonchev–Trinajstić information content (AvgIpc) is 1.72. The molecule has 4 aromatic rings. The highest BCUT2D eigenvalue weighted by Gasteiger charge is 2.60. The van der Waals surface area contributed by atoms with Gasteiger partial charge >= 0.3 is 24.1 Å². The number of aromatic nitrogens is 5. The zero-order chi connectivity index (χ0) is 106. The largest absolute Gasteiger partial charge is 0.481 e. The van der Waals surface area contributed by atoms with Crippen molar-refractivity contribution in [3.63, 3.8) is 0 Å². The summed E-state index contributed by atoms with van der Waals surface area (Å²) in [5.74, 6) is -2.87. The number of hydrogen-bond donors (Lipinski definition) is 20. The van der Waals surface area contributed by atoms with Crippen LogP contribution in [0.2, 0.25) is 0 Å². The summed E-state index contributed by atoms with van der Waals surface area (Å²) in [6.07, 6.45) is -48.6. The number of H-pyrrole nitrogens is 3. The number of aryl methyl sites for hydroxylation is 3. The number of carbonyl (C=O) groups is 3. The Kier molecular flexibility index (Phi) is 34.1. The van der Waals surface area contributed by atoms with E-state index in [2.05, 4.69) is 61.2 Å². The molecule has 0 amide bonds. The Balaban J connectivity index is 0.00000515. The number of carbonyl (C=O) groups excluding carboxylic acids is 4. The van der Waals surface area contributed by atoms with E-state index in [1.165, 1.54) is 0 Å². The van der Waals surface area contributed by atoms with E-state index in [-0.39, 0.29) is 38.3 Å². The maximum Gasteiger partial charge on any atom is 0.373 e. The van der Waals surface area contributed by atoms with Gasteiger partial charge in [-0.3, -0.25) is 14.4 Å². The number of aliphatic imine (C=N–C) groups is 2. The van der Waals surface area contributed by atoms with Gasteiger partial charge < -0.3 is 168 Å². The first-order valence-electron chi connectivity index (χ1n) is 48.8. The summed E-state index contributed by atoms with van der Waals surface area (Å²) in [5.41, 5.74) is 23.7. The minimum atomic E-state index is -2.35. The number of hydrogen-bond acceptors (Lipinski definition) is 39. The van der Waals surface area contributed by atoms with Crippen molar-refractivity contribution in [3.05, 3.63) is 198 Å². The molecule has 0 spiro atoms. The van der Waals surface area contributed by atoms with Crippen molar-refractivity contribution in [3.8, 4) is 0 Å². The van der Waals surface area contributed by atoms with E-state index in [4.69, 9.17) is 95.9 Å². The quantitative estimate of drug-likeness (QED) is 0.0503. The highest BCUT2D eigenvalue weighted by atomic mass is 16.8. The highest BCUT2D eigenvalue weighted by Crippen LogP contribution is 2.47. The Hall–Kier alpha value is -11.0. The van der Waals surface area contributed by atoms with E-state index in [0.717, 1.165) is 83.7 Å². The summed E-state index contributed by atoms with van der Waals surface area (Å²) in [6, 6.07) is 7.36. The Morgan fingerprint density at radius 2 is 0.791 bits per heavy atom. The molecule has 796 valence electrons. The fourth-order valence-electron chi connectivity index (χ4n) is 21.2. The number of esters is 2. The molecular formula is C105H125N7O36. The van der Waals surface area contributed by atoms with Crippen LogP contribution in [0.4, 0.5) is 0 Å². The third-order valence-electron chi connectivity index (χ3n) is 29.6. The molecule has 30 unspecified atom stereocenters. The summed E-state index contributed by atoms with van der Waals surface area (Å²) in [6.45, 7) is 27.6. The molecular weight excluding hydrogens is 1940 g/mol. The van der Waals surface area contributed by atoms with Crippen molar-refractivity contribution in [2.24, 2.45) is 9.98 Å². The third-order valence-corrected chi connectivity index (χ3v) is 29.6. The van der Waals surface area contributed by atoms with Gasteiger partial charge in [-0.2, -0.15) is 9.59 Å². The lowest BCUT2D eigenvalue weighted by Crippen LogP contribution is -2.69. The molecule has 43 heteroatoms. The molecule has 27 aliphatic heterocycles. The number of aliphatic hydroxyl groups excluding tert-OH is 16. The second-order valence-corrected chi connectivity index (χ2v) is 38.3. The Bertz CT molecular complexity index is 6410. The van der Waals surface area contributed by atoms with Crippen LogP contribution in [-0.2, 0) is 96.7 Å². The van der Waals surface area contributed by atoms with Gasteiger partial charge in [-0.1, -0.05) is 57.5 Å². The van der Waals surface area contributed by atoms with Gasteiger partial charge in [-0.05, 0) is 214 Å². The lowest BCUT2D eigenvalue weighted by atomic mass is 9.94. The smallest absolute Gasteiger partial charge is 0.373 e. The molecule has 20 N–H and O–H groups in total. The standard InChI is InChI=1S/C104H125N7O34.CO2/c1-14-50-40(6)48-25-49(50)27-66-56(46(12)60(106-66)28-58-42(8)52(16-3)67(107-58)30-62-41(7)51(15-2)65(26-48)105-62)20-23-79(118)132-38-76-97-85(124)91(130)103(138-76)142-95-74(36-114)134-99(87(126)81(95)120)141-94-73(35-113)137-102(90(129)84(94)123)145-98-77(139-104(92(131)86(98)125)143-96-75(37-115)135-100(88(127)82(96)121)140-93-72(34-112)136-101(144-97)89(128)83(93)122)39-133-80(119)24-21-57-47(13)64-32-69-54(18-5)44(10)63(109-69)31-68-53(17-4)43(9)59(108-68)29-61-45(11)55(19-22-78(116)117)70(110-61)33-71(57)111-64;2-1-3/h15-18,26-33,72-77,81-105,108,111-115,120-131H,2-5,14,19-25,34-39H2,1,6-13H3,(H,116,117);. The van der Waals surface area contributed by atoms with Crippen molar-refractivity contribution in [1.29, 1.82) is 0 Å². The van der Waals surface area contributed by atoms with Gasteiger partial charge in [0.2, 0.25) is 0 Å². The monoisotopic (exact) mass is 2060 g/mol. The Morgan fingerprint density at radius 1 is 0.385 bits per heavy atom. The number of fused-ring (bicyclic) bond motifs is 14. The summed E-state index contributed by atoms with van der Waals surface area (Å²) in [4.78, 5) is 88.8. The van der Waals surface area contributed by atoms with Crippen LogP contribution >= 0.6 is 0 Å². The van der Waals surface area contributed by atoms with E-state index in [0.29, 0.717) is 108 Å². The fraction of sp³-hybridized carbons (Fsp3) is 0.505. The van der Waals surface area contributed by atoms with E-state index in [9.17, 15) is 101 Å². The van der Waals surface area contributed by atoms with Gasteiger partial charge in [0.15, 0.2) is 37.7 Å². The van der Waals surface area contributed by atoms with Crippen LogP contribution in [-0.4, -0.2) is 371 Å². The van der Waals surface area contributed by atoms with Gasteiger partial charge in [0.1, 0.15) is 160 Å². The number of aromatic amines is 3. The Labute approximate surface area is 848 Å². The maximum atomic E-state index is 14.6. The number of nitrogens with one attached hydrogen (secondary N) is 3. The summed E-state index contributed by atoms with van der Waals surface area (Å²) in [5, 5.41) is 200. The number of aliphatic hydroxyl groups is 16. The SMILES string of the molecule is C=CC1=C(C)C2=NC1=Cc1[nH]c(c(C=C)c1C)C=C1CC(=CC3=NC(=C2)C(C)=C3CCC(=O)OCC2OC3OC4C(CO)OC(OC5C(CO)OC(OC6C(COC(=O)CCc7c(C)c8cc9nc(cc%10[nH]c(cc%11nc(cc7[nH]8)C(CCC(=O)O)=C%11C)c(C)c%10C=C)C(C)=C9C=C)OC(OC7C(CO)OC(OC8C(CO)OC(OC2C(O)C3O)C(O)C8O)C(O)C7O)C(O)C6O)C(O)C5O)C(O)C4O)C(CC)=C1C.O=C=O. The van der Waals surface area contributed by atoms with Crippen LogP contribution < -0.4 is 0 Å². The third kappa shape index (κ3) is 21.5. The molecule has 28 bridgehead atoms. The van der Waals surface area contributed by atoms with E-state index < -0.39 is 248 Å². The van der Waals surface area contributed by atoms with E-state index >= 15 is 0 Å². The summed E-state index contributed by atoms with van der Waals surface area (Å²) >= 11 is 0. The van der Waals surface area contributed by atoms with Crippen LogP contribution in [0.5, 0.6) is 0 Å². The number of carboxylic acid groups (broad SMARTS) is 1. The molecule has 1 aliphatic carbocycles. The number of carboxylic acids is 1. The minimum absolute atomic E-state index is 0.0189. The Morgan fingerprint density at radius 3 is 1.24 bits per heavy atom. The molecule has 28 aliphatic rings. The molecule has 22 fully saturated rings. The van der Waals surface area contributed by atoms with Gasteiger partial charge in [0, 0.05) is 75.0 Å². The highest BCUT2D eigenvalue weighted by molar-refractivity contribution is 6.17. The van der Waals surface area contributed by atoms with Crippen molar-refractivity contribution in [2.75, 3.05) is 39.6 Å². The minimum Gasteiger partial charge on any atom is -0.481 e. The molecule has 30 atom stereocenters. The van der Waals surface area contributed by atoms with Crippen LogP contribution in [0.25, 0.3) is 68.7 Å². The molecule has 0 aromatic carbocycles. The van der Waals surface area contributed by atoms with Gasteiger partial charge in [-0.15, -0.1) is 0 Å². The topological polar surface area (TPSA) is 656 Å². The van der Waals surface area contributed by atoms with Crippen LogP contribution in [0.1, 0.15) is 154 Å². The number of aliphatic carboxylic acids is 1. The van der Waals surface area contributed by atoms with E-state index in [1.54, 1.807) is 24.3 Å². The molecule has 0 radical (unpaired) electrons. The first kappa shape index (κ1) is 110. The number of nitrogens with zero attached hydrogens (tertiary/aromatic N) is 4. The predicted molar refractivity (Wildman–Crippen MR) is 525 cm³/mol. The number of allylic oxidation sites excluding steroid dienone is 15. The van der Waals surface area contributed by atoms with Crippen molar-refractivity contribution >= 4 is 104 Å². The average molecular weight is 2060 g/mol. The molecule has 4 aromatic heterocycles. The van der Waals surface area contributed by atoms with Crippen molar-refractivity contribution in [2.45, 2.75) is 298 Å². The maximum absolute atomic E-state index is 14.6. The summed E-state index contributed by atoms with van der Waals surface area (Å²) in [7, 11) is 0. The first-order chi connectivity index (χ1) is 70.8. The van der Waals surface area contributed by atoms with Gasteiger partial charge in [0.05, 0.1) is 72.0 Å². The van der Waals surface area contributed by atoms with Crippen molar-refractivity contribution in [1.82, 2.24) is 24.9 Å². The van der Waals surface area contributed by atoms with Gasteiger partial charge in [-0.25, -0.2) is 20.0 Å². The molecule has 31 heterocycles. The zero-order valence-electron chi connectivity index (χ0n) is 82.6. The molecule has 0 saturated carbocycles. The zero-order valence-corrected chi connectivity index (χ0v) is 82.6. The molecule has 22 saturated heterocycles. The van der Waals surface area contributed by atoms with Crippen LogP contribution in [0.3, 0.4) is 0 Å². The van der Waals surface area contributed by atoms with Crippen molar-refractivity contribution < 1.29 is 177 Å². The lowest BCUT2D eigenvalue weighted by Gasteiger charge is -2.50. The lowest BCUT2D eigenvalue weighted by molar-refractivity contribution is -0.404. The van der Waals surface area contributed by atoms with E-state index in [1.807, 2.05) is 91.0 Å². The number of ether oxygens (including phenoxy) is 14. The van der Waals surface area contributed by atoms with Crippen LogP contribution in [0.15, 0.2) is 141 Å². The van der Waals surface area contributed by atoms with Crippen LogP contribution in [0, 0.1) is 20.8 Å². The number of rotatable bonds is 22.